The zero-order valence-corrected chi connectivity index (χ0v) is 17.4. The first kappa shape index (κ1) is 21.0. The van der Waals surface area contributed by atoms with E-state index < -0.39 is 12.0 Å². The van der Waals surface area contributed by atoms with Crippen LogP contribution in [0.15, 0.2) is 23.0 Å². The minimum atomic E-state index is -0.711. The number of ether oxygens (including phenoxy) is 1. The average molecular weight is 399 g/mol. The molecule has 0 fully saturated rings. The van der Waals surface area contributed by atoms with Crippen LogP contribution in [0.2, 0.25) is 0 Å². The molecule has 1 N–H and O–H groups in total. The number of esters is 1. The van der Waals surface area contributed by atoms with Crippen LogP contribution in [0.3, 0.4) is 0 Å². The van der Waals surface area contributed by atoms with Gasteiger partial charge in [0, 0.05) is 18.5 Å². The SMILES string of the molecule is COC(=O)C(CC(C)C)NC(=O)c1ccc2c(=O)n3c(nc2c1)CCCCCC3. The number of carbonyl (C=O) groups is 2. The third-order valence-corrected chi connectivity index (χ3v) is 5.33. The molecule has 1 aliphatic rings. The number of aromatic nitrogens is 2. The second-order valence-electron chi connectivity index (χ2n) is 8.06. The van der Waals surface area contributed by atoms with Gasteiger partial charge in [0.2, 0.25) is 0 Å². The summed E-state index contributed by atoms with van der Waals surface area (Å²) in [5, 5.41) is 3.26. The number of rotatable bonds is 5. The molecule has 2 heterocycles. The third kappa shape index (κ3) is 4.83. The summed E-state index contributed by atoms with van der Waals surface area (Å²) in [4.78, 5) is 42.3. The predicted octanol–water partition coefficient (Wildman–Crippen LogP) is 2.83. The zero-order chi connectivity index (χ0) is 21.0. The largest absolute Gasteiger partial charge is 0.467 e. The van der Waals surface area contributed by atoms with Gasteiger partial charge in [-0.3, -0.25) is 14.2 Å². The van der Waals surface area contributed by atoms with Crippen molar-refractivity contribution in [1.82, 2.24) is 14.9 Å². The highest BCUT2D eigenvalue weighted by Crippen LogP contribution is 2.17. The van der Waals surface area contributed by atoms with E-state index in [1.807, 2.05) is 13.8 Å². The van der Waals surface area contributed by atoms with Gasteiger partial charge >= 0.3 is 5.97 Å². The number of amides is 1. The number of hydrogen-bond acceptors (Lipinski definition) is 5. The van der Waals surface area contributed by atoms with Crippen molar-refractivity contribution in [2.45, 2.75) is 65.0 Å². The van der Waals surface area contributed by atoms with E-state index in [2.05, 4.69) is 5.32 Å². The fraction of sp³-hybridized carbons (Fsp3) is 0.545. The van der Waals surface area contributed by atoms with Crippen molar-refractivity contribution in [3.63, 3.8) is 0 Å². The molecule has 7 heteroatoms. The molecule has 1 aromatic carbocycles. The molecule has 2 aromatic rings. The molecule has 0 radical (unpaired) electrons. The van der Waals surface area contributed by atoms with Gasteiger partial charge in [-0.15, -0.1) is 0 Å². The van der Waals surface area contributed by atoms with E-state index in [9.17, 15) is 14.4 Å². The second kappa shape index (κ2) is 9.20. The van der Waals surface area contributed by atoms with E-state index in [0.29, 0.717) is 29.4 Å². The topological polar surface area (TPSA) is 90.3 Å². The smallest absolute Gasteiger partial charge is 0.328 e. The molecule has 0 saturated heterocycles. The first-order chi connectivity index (χ1) is 13.9. The predicted molar refractivity (Wildman–Crippen MR) is 111 cm³/mol. The quantitative estimate of drug-likeness (QED) is 0.781. The Bertz CT molecular complexity index is 964. The van der Waals surface area contributed by atoms with Crippen LogP contribution in [0.4, 0.5) is 0 Å². The molecule has 0 saturated carbocycles. The van der Waals surface area contributed by atoms with Gasteiger partial charge in [0.25, 0.3) is 11.5 Å². The number of fused-ring (bicyclic) bond motifs is 2. The molecule has 1 unspecified atom stereocenters. The molecular formula is C22H29N3O4. The highest BCUT2D eigenvalue weighted by Gasteiger charge is 2.23. The summed E-state index contributed by atoms with van der Waals surface area (Å²) in [7, 11) is 1.31. The van der Waals surface area contributed by atoms with Gasteiger partial charge in [-0.25, -0.2) is 9.78 Å². The van der Waals surface area contributed by atoms with Gasteiger partial charge in [-0.1, -0.05) is 26.7 Å². The molecule has 0 aliphatic carbocycles. The van der Waals surface area contributed by atoms with E-state index in [4.69, 9.17) is 9.72 Å². The van der Waals surface area contributed by atoms with Crippen molar-refractivity contribution in [2.24, 2.45) is 5.92 Å². The Labute approximate surface area is 170 Å². The fourth-order valence-electron chi connectivity index (χ4n) is 3.81. The van der Waals surface area contributed by atoms with E-state index in [-0.39, 0.29) is 17.4 Å². The van der Waals surface area contributed by atoms with Crippen LogP contribution in [0.1, 0.15) is 62.1 Å². The normalized spacial score (nSPS) is 15.3. The summed E-state index contributed by atoms with van der Waals surface area (Å²) in [6.45, 7) is 4.64. The monoisotopic (exact) mass is 399 g/mol. The number of nitrogens with zero attached hydrogens (tertiary/aromatic N) is 2. The van der Waals surface area contributed by atoms with Crippen molar-refractivity contribution in [1.29, 1.82) is 0 Å². The average Bonchev–Trinajstić information content (AvgIpc) is 2.67. The molecule has 1 atom stereocenters. The van der Waals surface area contributed by atoms with Crippen molar-refractivity contribution in [3.8, 4) is 0 Å². The van der Waals surface area contributed by atoms with Crippen molar-refractivity contribution >= 4 is 22.8 Å². The molecule has 0 bridgehead atoms. The maximum Gasteiger partial charge on any atom is 0.328 e. The number of nitrogens with one attached hydrogen (secondary N) is 1. The lowest BCUT2D eigenvalue weighted by Gasteiger charge is -2.19. The van der Waals surface area contributed by atoms with Crippen molar-refractivity contribution in [2.75, 3.05) is 7.11 Å². The van der Waals surface area contributed by atoms with Crippen LogP contribution in [-0.2, 0) is 22.5 Å². The van der Waals surface area contributed by atoms with Crippen molar-refractivity contribution in [3.05, 3.63) is 39.9 Å². The minimum Gasteiger partial charge on any atom is -0.467 e. The van der Waals surface area contributed by atoms with Crippen LogP contribution >= 0.6 is 0 Å². The molecule has 156 valence electrons. The molecule has 3 rings (SSSR count). The molecule has 1 amide bonds. The molecule has 7 nitrogen and oxygen atoms in total. The maximum atomic E-state index is 12.9. The third-order valence-electron chi connectivity index (χ3n) is 5.33. The summed E-state index contributed by atoms with van der Waals surface area (Å²) in [5.41, 5.74) is 0.844. The van der Waals surface area contributed by atoms with Gasteiger partial charge in [0.15, 0.2) is 0 Å². The lowest BCUT2D eigenvalue weighted by molar-refractivity contribution is -0.143. The first-order valence-electron chi connectivity index (χ1n) is 10.3. The van der Waals surface area contributed by atoms with Crippen LogP contribution < -0.4 is 10.9 Å². The Balaban J connectivity index is 1.92. The minimum absolute atomic E-state index is 0.0499. The summed E-state index contributed by atoms with van der Waals surface area (Å²) < 4.78 is 6.59. The van der Waals surface area contributed by atoms with Gasteiger partial charge in [-0.05, 0) is 43.4 Å². The molecule has 1 aliphatic heterocycles. The Morgan fingerprint density at radius 2 is 1.97 bits per heavy atom. The Morgan fingerprint density at radius 3 is 2.69 bits per heavy atom. The number of benzene rings is 1. The fourth-order valence-corrected chi connectivity index (χ4v) is 3.81. The van der Waals surface area contributed by atoms with Gasteiger partial charge in [-0.2, -0.15) is 0 Å². The lowest BCUT2D eigenvalue weighted by Crippen LogP contribution is -2.42. The number of methoxy groups -OCH3 is 1. The molecule has 29 heavy (non-hydrogen) atoms. The number of hydrogen-bond donors (Lipinski definition) is 1. The van der Waals surface area contributed by atoms with Crippen LogP contribution in [0.5, 0.6) is 0 Å². The zero-order valence-electron chi connectivity index (χ0n) is 17.4. The van der Waals surface area contributed by atoms with Crippen LogP contribution in [0, 0.1) is 5.92 Å². The van der Waals surface area contributed by atoms with Crippen LogP contribution in [0.25, 0.3) is 10.9 Å². The highest BCUT2D eigenvalue weighted by atomic mass is 16.5. The van der Waals surface area contributed by atoms with E-state index in [1.165, 1.54) is 7.11 Å². The lowest BCUT2D eigenvalue weighted by atomic mass is 10.0. The molecule has 0 spiro atoms. The summed E-state index contributed by atoms with van der Waals surface area (Å²) in [6, 6.07) is 4.19. The first-order valence-corrected chi connectivity index (χ1v) is 10.3. The van der Waals surface area contributed by atoms with Gasteiger partial charge in [0.1, 0.15) is 11.9 Å². The maximum absolute atomic E-state index is 12.9. The second-order valence-corrected chi connectivity index (χ2v) is 8.06. The Morgan fingerprint density at radius 1 is 1.21 bits per heavy atom. The van der Waals surface area contributed by atoms with E-state index in [1.54, 1.807) is 22.8 Å². The molecule has 1 aromatic heterocycles. The molecular weight excluding hydrogens is 370 g/mol. The Hall–Kier alpha value is -2.70. The van der Waals surface area contributed by atoms with Gasteiger partial charge < -0.3 is 10.1 Å². The van der Waals surface area contributed by atoms with Gasteiger partial charge in [0.05, 0.1) is 18.0 Å². The Kier molecular flexibility index (Phi) is 6.67. The van der Waals surface area contributed by atoms with Crippen LogP contribution in [-0.4, -0.2) is 34.6 Å². The van der Waals surface area contributed by atoms with Crippen molar-refractivity contribution < 1.29 is 14.3 Å². The number of aryl methyl sites for hydroxylation is 1. The number of carbonyl (C=O) groups excluding carboxylic acids is 2. The summed E-state index contributed by atoms with van der Waals surface area (Å²) in [5.74, 6) is 0.159. The highest BCUT2D eigenvalue weighted by molar-refractivity contribution is 5.99. The summed E-state index contributed by atoms with van der Waals surface area (Å²) in [6.07, 6.45) is 5.50. The van der Waals surface area contributed by atoms with E-state index >= 15 is 0 Å². The summed E-state index contributed by atoms with van der Waals surface area (Å²) >= 11 is 0. The van der Waals surface area contributed by atoms with E-state index in [0.717, 1.165) is 37.9 Å². The standard InChI is InChI=1S/C22H29N3O4/c1-14(2)12-18(22(28)29-3)24-20(26)15-9-10-16-17(13-15)23-19-8-6-4-5-7-11-25(19)21(16)27/h9-10,13-14,18H,4-8,11-12H2,1-3H3,(H,24,26).